The van der Waals surface area contributed by atoms with Gasteiger partial charge in [-0.3, -0.25) is 19.3 Å². The number of amides is 1. The number of aryl methyl sites for hydroxylation is 1. The van der Waals surface area contributed by atoms with Gasteiger partial charge in [-0.05, 0) is 54.7 Å². The van der Waals surface area contributed by atoms with E-state index in [1.807, 2.05) is 43.3 Å². The minimum atomic E-state index is -1.08. The smallest absolute Gasteiger partial charge is 0.337 e. The van der Waals surface area contributed by atoms with Gasteiger partial charge < -0.3 is 15.2 Å². The second-order valence-electron chi connectivity index (χ2n) is 10.1. The Balaban J connectivity index is 1.67. The molecule has 2 unspecified atom stereocenters. The van der Waals surface area contributed by atoms with Crippen molar-refractivity contribution in [2.75, 3.05) is 17.3 Å². The minimum absolute atomic E-state index is 0.0388. The van der Waals surface area contributed by atoms with Crippen LogP contribution in [0.2, 0.25) is 0 Å². The molecule has 1 aliphatic carbocycles. The molecule has 2 aliphatic rings. The molecule has 1 heterocycles. The van der Waals surface area contributed by atoms with Crippen LogP contribution < -0.4 is 10.2 Å². The van der Waals surface area contributed by atoms with Crippen molar-refractivity contribution in [2.24, 2.45) is 0 Å². The molecule has 1 aliphatic heterocycles. The summed E-state index contributed by atoms with van der Waals surface area (Å²) in [5.41, 5.74) is 5.57. The molecule has 0 fully saturated rings. The molecule has 0 saturated carbocycles. The number of methoxy groups -OCH3 is 1. The van der Waals surface area contributed by atoms with Gasteiger partial charge in [0.05, 0.1) is 36.5 Å². The van der Waals surface area contributed by atoms with Gasteiger partial charge in [0.2, 0.25) is 5.91 Å². The minimum Gasteiger partial charge on any atom is -0.481 e. The Kier molecular flexibility index (Phi) is 7.51. The van der Waals surface area contributed by atoms with Crippen LogP contribution in [0.25, 0.3) is 0 Å². The van der Waals surface area contributed by atoms with Gasteiger partial charge in [0, 0.05) is 24.1 Å². The number of carbonyl (C=O) groups is 4. The first kappa shape index (κ1) is 26.9. The second kappa shape index (κ2) is 11.2. The number of anilines is 2. The van der Waals surface area contributed by atoms with E-state index in [4.69, 9.17) is 4.74 Å². The summed E-state index contributed by atoms with van der Waals surface area (Å²) in [6, 6.07) is 21.3. The maximum Gasteiger partial charge on any atom is 0.337 e. The molecule has 8 heteroatoms. The van der Waals surface area contributed by atoms with Gasteiger partial charge in [0.25, 0.3) is 0 Å². The van der Waals surface area contributed by atoms with Gasteiger partial charge in [0.1, 0.15) is 0 Å². The molecule has 2 atom stereocenters. The van der Waals surface area contributed by atoms with Crippen LogP contribution in [0.3, 0.4) is 0 Å². The number of Topliss-reactive ketones (excluding diaryl/α,β-unsaturated/α-hetero) is 1. The summed E-state index contributed by atoms with van der Waals surface area (Å²) < 4.78 is 4.83. The number of hydrogen-bond acceptors (Lipinski definition) is 6. The van der Waals surface area contributed by atoms with Gasteiger partial charge >= 0.3 is 11.9 Å². The molecule has 1 amide bonds. The molecule has 8 nitrogen and oxygen atoms in total. The highest BCUT2D eigenvalue weighted by molar-refractivity contribution is 6.06. The second-order valence-corrected chi connectivity index (χ2v) is 10.1. The fourth-order valence-electron chi connectivity index (χ4n) is 5.51. The molecule has 5 rings (SSSR count). The zero-order valence-electron chi connectivity index (χ0n) is 22.3. The average molecular weight is 539 g/mol. The molecule has 0 radical (unpaired) electrons. The Morgan fingerprint density at radius 3 is 2.27 bits per heavy atom. The summed E-state index contributed by atoms with van der Waals surface area (Å²) in [5.74, 6) is -2.12. The summed E-state index contributed by atoms with van der Waals surface area (Å²) in [5, 5.41) is 12.8. The quantitative estimate of drug-likeness (QED) is 0.396. The van der Waals surface area contributed by atoms with Gasteiger partial charge in [-0.15, -0.1) is 0 Å². The lowest BCUT2D eigenvalue weighted by Gasteiger charge is -2.35. The average Bonchev–Trinajstić information content (AvgIpc) is 3.10. The molecular formula is C32H30N2O6. The zero-order chi connectivity index (χ0) is 28.4. The molecule has 3 aromatic rings. The first-order chi connectivity index (χ1) is 19.3. The Hall–Kier alpha value is -4.72. The van der Waals surface area contributed by atoms with Crippen LogP contribution in [0, 0.1) is 6.92 Å². The van der Waals surface area contributed by atoms with E-state index in [0.29, 0.717) is 34.5 Å². The largest absolute Gasteiger partial charge is 0.481 e. The zero-order valence-corrected chi connectivity index (χ0v) is 22.3. The van der Waals surface area contributed by atoms with Gasteiger partial charge in [-0.2, -0.15) is 0 Å². The highest BCUT2D eigenvalue weighted by Crippen LogP contribution is 2.47. The number of fused-ring (bicyclic) bond motifs is 1. The van der Waals surface area contributed by atoms with Crippen molar-refractivity contribution in [1.82, 2.24) is 0 Å². The highest BCUT2D eigenvalue weighted by Gasteiger charge is 2.41. The molecule has 0 aromatic heterocycles. The van der Waals surface area contributed by atoms with Crippen LogP contribution in [0.1, 0.15) is 64.7 Å². The molecule has 0 spiro atoms. The first-order valence-electron chi connectivity index (χ1n) is 13.2. The van der Waals surface area contributed by atoms with E-state index in [-0.39, 0.29) is 31.0 Å². The van der Waals surface area contributed by atoms with Gasteiger partial charge in [0.15, 0.2) is 5.78 Å². The normalized spacial score (nSPS) is 18.2. The maximum absolute atomic E-state index is 14.0. The number of carboxylic acids is 1. The maximum atomic E-state index is 14.0. The van der Waals surface area contributed by atoms with Gasteiger partial charge in [-0.25, -0.2) is 4.79 Å². The van der Waals surface area contributed by atoms with Crippen molar-refractivity contribution >= 4 is 35.0 Å². The Labute approximate surface area is 232 Å². The number of rotatable bonds is 6. The first-order valence-corrected chi connectivity index (χ1v) is 13.2. The van der Waals surface area contributed by atoms with E-state index in [9.17, 15) is 24.3 Å². The Bertz CT molecular complexity index is 1510. The fraction of sp³-hybridized carbons (Fsp3) is 0.250. The molecular weight excluding hydrogens is 508 g/mol. The summed E-state index contributed by atoms with van der Waals surface area (Å²) in [7, 11) is 1.30. The predicted octanol–water partition coefficient (Wildman–Crippen LogP) is 5.55. The van der Waals surface area contributed by atoms with Crippen LogP contribution in [0.5, 0.6) is 0 Å². The van der Waals surface area contributed by atoms with E-state index in [0.717, 1.165) is 16.8 Å². The number of ether oxygens (including phenoxy) is 1. The monoisotopic (exact) mass is 538 g/mol. The van der Waals surface area contributed by atoms with Crippen LogP contribution in [0.15, 0.2) is 84.1 Å². The third kappa shape index (κ3) is 5.25. The SMILES string of the molecule is COC(=O)c1ccc(C2C3=C(CC(c4ccc(C)cc4)CC3=O)Nc3ccccc3N2C(=O)CCC(=O)O)cc1. The molecule has 2 N–H and O–H groups in total. The molecule has 40 heavy (non-hydrogen) atoms. The molecule has 3 aromatic carbocycles. The third-order valence-corrected chi connectivity index (χ3v) is 7.51. The number of hydrogen-bond donors (Lipinski definition) is 2. The fourth-order valence-corrected chi connectivity index (χ4v) is 5.51. The molecule has 0 bridgehead atoms. The van der Waals surface area contributed by atoms with Crippen molar-refractivity contribution in [2.45, 2.75) is 44.6 Å². The van der Waals surface area contributed by atoms with Crippen LogP contribution in [0.4, 0.5) is 11.4 Å². The van der Waals surface area contributed by atoms with E-state index in [1.54, 1.807) is 36.4 Å². The molecule has 0 saturated heterocycles. The third-order valence-electron chi connectivity index (χ3n) is 7.51. The van der Waals surface area contributed by atoms with Crippen molar-refractivity contribution in [3.8, 4) is 0 Å². The number of allylic oxidation sites excluding steroid dienone is 1. The van der Waals surface area contributed by atoms with Crippen molar-refractivity contribution in [1.29, 1.82) is 0 Å². The number of benzene rings is 3. The van der Waals surface area contributed by atoms with Crippen LogP contribution >= 0.6 is 0 Å². The van der Waals surface area contributed by atoms with Gasteiger partial charge in [-0.1, -0.05) is 54.1 Å². The number of carboxylic acid groups (broad SMARTS) is 1. The van der Waals surface area contributed by atoms with E-state index >= 15 is 0 Å². The lowest BCUT2D eigenvalue weighted by Crippen LogP contribution is -2.38. The number of aliphatic carboxylic acids is 1. The lowest BCUT2D eigenvalue weighted by molar-refractivity contribution is -0.138. The number of ketones is 1. The number of esters is 1. The van der Waals surface area contributed by atoms with Crippen LogP contribution in [-0.4, -0.2) is 35.8 Å². The van der Waals surface area contributed by atoms with E-state index < -0.39 is 23.9 Å². The van der Waals surface area contributed by atoms with Crippen molar-refractivity contribution in [3.63, 3.8) is 0 Å². The van der Waals surface area contributed by atoms with Crippen molar-refractivity contribution < 1.29 is 29.0 Å². The number of nitrogens with one attached hydrogen (secondary N) is 1. The standard InChI is InChI=1S/C32H30N2O6/c1-19-7-9-20(10-8-19)23-17-25-30(27(35)18-23)31(21-11-13-22(14-12-21)32(39)40-2)34(28(36)15-16-29(37)38)26-6-4-3-5-24(26)33-25/h3-14,23,31,33H,15-18H2,1-2H3,(H,37,38). The Morgan fingerprint density at radius 2 is 1.60 bits per heavy atom. The summed E-state index contributed by atoms with van der Waals surface area (Å²) >= 11 is 0. The Morgan fingerprint density at radius 1 is 0.925 bits per heavy atom. The lowest BCUT2D eigenvalue weighted by atomic mass is 9.78. The van der Waals surface area contributed by atoms with Crippen LogP contribution in [-0.2, 0) is 19.1 Å². The summed E-state index contributed by atoms with van der Waals surface area (Å²) in [6.07, 6.45) is 0.262. The summed E-state index contributed by atoms with van der Waals surface area (Å²) in [6.45, 7) is 2.02. The summed E-state index contributed by atoms with van der Waals surface area (Å²) in [4.78, 5) is 52.8. The predicted molar refractivity (Wildman–Crippen MR) is 150 cm³/mol. The number of nitrogens with zero attached hydrogens (tertiary/aromatic N) is 1. The van der Waals surface area contributed by atoms with E-state index in [1.165, 1.54) is 12.0 Å². The number of para-hydroxylation sites is 2. The number of carbonyl (C=O) groups excluding carboxylic acids is 3. The van der Waals surface area contributed by atoms with Crippen molar-refractivity contribution in [3.05, 3.63) is 106 Å². The highest BCUT2D eigenvalue weighted by atomic mass is 16.5. The molecule has 204 valence electrons. The van der Waals surface area contributed by atoms with E-state index in [2.05, 4.69) is 5.32 Å². The topological polar surface area (TPSA) is 113 Å².